The summed E-state index contributed by atoms with van der Waals surface area (Å²) in [6.45, 7) is 2.36. The Bertz CT molecular complexity index is 487. The van der Waals surface area contributed by atoms with Crippen LogP contribution in [0.5, 0.6) is 0 Å². The average molecular weight is 283 g/mol. The van der Waals surface area contributed by atoms with Crippen molar-refractivity contribution in [1.29, 1.82) is 0 Å². The van der Waals surface area contributed by atoms with Crippen molar-refractivity contribution < 1.29 is 23.6 Å². The minimum atomic E-state index is -0.549. The summed E-state index contributed by atoms with van der Waals surface area (Å²) >= 11 is 0. The summed E-state index contributed by atoms with van der Waals surface area (Å²) in [6.07, 6.45) is 0.262. The zero-order chi connectivity index (χ0) is 14.5. The van der Waals surface area contributed by atoms with Gasteiger partial charge >= 0.3 is 0 Å². The molecule has 1 saturated heterocycles. The number of hydrogen-bond donors (Lipinski definition) is 2. The molecule has 3 N–H and O–H groups in total. The first-order valence-corrected chi connectivity index (χ1v) is 6.28. The van der Waals surface area contributed by atoms with Crippen molar-refractivity contribution in [3.63, 3.8) is 0 Å². The number of rotatable bonds is 5. The van der Waals surface area contributed by atoms with Crippen molar-refractivity contribution >= 4 is 11.8 Å². The number of aryl methyl sites for hydroxylation is 1. The minimum absolute atomic E-state index is 0.127. The number of nitrogens with two attached hydrogens (primary N) is 1. The van der Waals surface area contributed by atoms with Gasteiger partial charge in [0.2, 0.25) is 11.7 Å². The number of carbonyl (C=O) groups excluding carboxylic acids is 2. The molecule has 110 valence electrons. The van der Waals surface area contributed by atoms with Gasteiger partial charge in [-0.1, -0.05) is 5.16 Å². The highest BCUT2D eigenvalue weighted by molar-refractivity contribution is 5.91. The summed E-state index contributed by atoms with van der Waals surface area (Å²) in [5.74, 6) is -0.817. The number of carbonyl (C=O) groups is 2. The number of nitrogens with zero attached hydrogens (tertiary/aromatic N) is 1. The summed E-state index contributed by atoms with van der Waals surface area (Å²) in [4.78, 5) is 22.7. The van der Waals surface area contributed by atoms with E-state index in [2.05, 4.69) is 10.5 Å². The van der Waals surface area contributed by atoms with Crippen molar-refractivity contribution in [3.8, 4) is 0 Å². The average Bonchev–Trinajstić information content (AvgIpc) is 2.84. The second-order valence-corrected chi connectivity index (χ2v) is 4.59. The second-order valence-electron chi connectivity index (χ2n) is 4.59. The number of nitrogens with one attached hydrogen (secondary N) is 1. The Kier molecular flexibility index (Phi) is 4.70. The quantitative estimate of drug-likeness (QED) is 0.743. The van der Waals surface area contributed by atoms with Crippen LogP contribution in [-0.2, 0) is 14.3 Å². The number of amides is 2. The van der Waals surface area contributed by atoms with E-state index in [0.717, 1.165) is 0 Å². The van der Waals surface area contributed by atoms with Crippen molar-refractivity contribution in [3.05, 3.63) is 17.5 Å². The first kappa shape index (κ1) is 14.5. The van der Waals surface area contributed by atoms with Gasteiger partial charge in [-0.25, -0.2) is 0 Å². The predicted octanol–water partition coefficient (Wildman–Crippen LogP) is -0.628. The number of aromatic nitrogens is 1. The highest BCUT2D eigenvalue weighted by Gasteiger charge is 2.29. The lowest BCUT2D eigenvalue weighted by molar-refractivity contribution is -0.128. The van der Waals surface area contributed by atoms with Crippen molar-refractivity contribution in [1.82, 2.24) is 10.5 Å². The van der Waals surface area contributed by atoms with E-state index in [9.17, 15) is 9.59 Å². The molecule has 1 aliphatic rings. The lowest BCUT2D eigenvalue weighted by Crippen LogP contribution is -2.51. The Balaban J connectivity index is 1.94. The van der Waals surface area contributed by atoms with Crippen LogP contribution in [0.4, 0.5) is 0 Å². The standard InChI is InChI=1S/C12H17N3O5/c1-7-4-10(20-15-7)12(17)14-8-5-18-3-2-9(8)19-6-11(13)16/h4,8-9H,2-3,5-6H2,1H3,(H2,13,16)(H,14,17)/t8-,9+/m1/s1. The Hall–Kier alpha value is -1.93. The highest BCUT2D eigenvalue weighted by Crippen LogP contribution is 2.13. The van der Waals surface area contributed by atoms with Crippen LogP contribution in [0.3, 0.4) is 0 Å². The molecule has 2 amide bonds. The van der Waals surface area contributed by atoms with Crippen molar-refractivity contribution in [2.24, 2.45) is 5.73 Å². The molecule has 1 aliphatic heterocycles. The minimum Gasteiger partial charge on any atom is -0.379 e. The summed E-state index contributed by atoms with van der Waals surface area (Å²) in [5, 5.41) is 6.40. The van der Waals surface area contributed by atoms with Gasteiger partial charge in [-0.15, -0.1) is 0 Å². The molecule has 0 unspecified atom stereocenters. The molecular formula is C12H17N3O5. The van der Waals surface area contributed by atoms with E-state index in [1.807, 2.05) is 0 Å². The van der Waals surface area contributed by atoms with Crippen molar-refractivity contribution in [2.45, 2.75) is 25.5 Å². The van der Waals surface area contributed by atoms with Crippen LogP contribution >= 0.6 is 0 Å². The maximum Gasteiger partial charge on any atom is 0.290 e. The molecule has 8 nitrogen and oxygen atoms in total. The smallest absolute Gasteiger partial charge is 0.290 e. The Morgan fingerprint density at radius 3 is 3.05 bits per heavy atom. The zero-order valence-corrected chi connectivity index (χ0v) is 11.1. The third-order valence-electron chi connectivity index (χ3n) is 2.90. The molecule has 1 aromatic rings. The van der Waals surface area contributed by atoms with E-state index in [0.29, 0.717) is 25.3 Å². The van der Waals surface area contributed by atoms with Gasteiger partial charge < -0.3 is 25.0 Å². The third kappa shape index (κ3) is 3.78. The van der Waals surface area contributed by atoms with Crippen LogP contribution in [0.2, 0.25) is 0 Å². The van der Waals surface area contributed by atoms with E-state index >= 15 is 0 Å². The van der Waals surface area contributed by atoms with Crippen LogP contribution in [-0.4, -0.2) is 48.9 Å². The van der Waals surface area contributed by atoms with Crippen LogP contribution in [0, 0.1) is 6.92 Å². The van der Waals surface area contributed by atoms with Gasteiger partial charge in [0.15, 0.2) is 0 Å². The fourth-order valence-corrected chi connectivity index (χ4v) is 1.95. The topological polar surface area (TPSA) is 117 Å². The molecule has 0 aromatic carbocycles. The van der Waals surface area contributed by atoms with E-state index in [1.54, 1.807) is 6.92 Å². The summed E-state index contributed by atoms with van der Waals surface area (Å²) in [5.41, 5.74) is 5.67. The highest BCUT2D eigenvalue weighted by atomic mass is 16.5. The van der Waals surface area contributed by atoms with Gasteiger partial charge in [0.05, 0.1) is 24.4 Å². The molecule has 2 heterocycles. The Labute approximate surface area is 115 Å². The molecule has 2 atom stereocenters. The van der Waals surface area contributed by atoms with Crippen molar-refractivity contribution in [2.75, 3.05) is 19.8 Å². The lowest BCUT2D eigenvalue weighted by atomic mass is 10.1. The molecular weight excluding hydrogens is 266 g/mol. The summed E-state index contributed by atoms with van der Waals surface area (Å²) in [7, 11) is 0. The van der Waals surface area contributed by atoms with E-state index in [-0.39, 0.29) is 24.5 Å². The van der Waals surface area contributed by atoms with Gasteiger partial charge in [0.1, 0.15) is 6.61 Å². The van der Waals surface area contributed by atoms with Gasteiger partial charge in [-0.3, -0.25) is 9.59 Å². The third-order valence-corrected chi connectivity index (χ3v) is 2.90. The SMILES string of the molecule is Cc1cc(C(=O)N[C@@H]2COCC[C@@H]2OCC(N)=O)on1. The number of ether oxygens (including phenoxy) is 2. The maximum absolute atomic E-state index is 12.0. The maximum atomic E-state index is 12.0. The first-order chi connectivity index (χ1) is 9.56. The number of hydrogen-bond acceptors (Lipinski definition) is 6. The van der Waals surface area contributed by atoms with Gasteiger partial charge in [0.25, 0.3) is 5.91 Å². The van der Waals surface area contributed by atoms with Crippen LogP contribution in [0.1, 0.15) is 22.7 Å². The molecule has 1 aromatic heterocycles. The molecule has 8 heteroatoms. The molecule has 0 radical (unpaired) electrons. The molecule has 0 saturated carbocycles. The van der Waals surface area contributed by atoms with Crippen LogP contribution in [0.25, 0.3) is 0 Å². The largest absolute Gasteiger partial charge is 0.379 e. The first-order valence-electron chi connectivity index (χ1n) is 6.28. The van der Waals surface area contributed by atoms with Gasteiger partial charge in [-0.05, 0) is 13.3 Å². The van der Waals surface area contributed by atoms with Gasteiger partial charge in [-0.2, -0.15) is 0 Å². The predicted molar refractivity (Wildman–Crippen MR) is 66.9 cm³/mol. The van der Waals surface area contributed by atoms with Crippen LogP contribution < -0.4 is 11.1 Å². The Morgan fingerprint density at radius 1 is 1.60 bits per heavy atom. The molecule has 0 bridgehead atoms. The normalized spacial score (nSPS) is 22.4. The monoisotopic (exact) mass is 283 g/mol. The van der Waals surface area contributed by atoms with E-state index in [4.69, 9.17) is 19.7 Å². The molecule has 2 rings (SSSR count). The molecule has 20 heavy (non-hydrogen) atoms. The van der Waals surface area contributed by atoms with Gasteiger partial charge in [0, 0.05) is 12.7 Å². The fraction of sp³-hybridized carbons (Fsp3) is 0.583. The molecule has 0 aliphatic carbocycles. The second kappa shape index (κ2) is 6.49. The van der Waals surface area contributed by atoms with Crippen LogP contribution in [0.15, 0.2) is 10.6 Å². The molecule has 1 fully saturated rings. The van der Waals surface area contributed by atoms with E-state index in [1.165, 1.54) is 6.07 Å². The summed E-state index contributed by atoms with van der Waals surface area (Å²) in [6, 6.07) is 1.18. The zero-order valence-electron chi connectivity index (χ0n) is 11.1. The summed E-state index contributed by atoms with van der Waals surface area (Å²) < 4.78 is 15.6. The Morgan fingerprint density at radius 2 is 2.40 bits per heavy atom. The number of primary amides is 1. The van der Waals surface area contributed by atoms with E-state index < -0.39 is 11.8 Å². The fourth-order valence-electron chi connectivity index (χ4n) is 1.95. The lowest BCUT2D eigenvalue weighted by Gasteiger charge is -2.31. The molecule has 0 spiro atoms.